The van der Waals surface area contributed by atoms with Crippen molar-refractivity contribution < 1.29 is 4.92 Å². The normalized spacial score (nSPS) is 11.9. The summed E-state index contributed by atoms with van der Waals surface area (Å²) < 4.78 is 1.94. The van der Waals surface area contributed by atoms with Crippen molar-refractivity contribution in [3.05, 3.63) is 58.0 Å². The molecule has 0 saturated carbocycles. The second-order valence-electron chi connectivity index (χ2n) is 3.55. The van der Waals surface area contributed by atoms with E-state index < -0.39 is 0 Å². The molecule has 0 aromatic carbocycles. The fourth-order valence-corrected chi connectivity index (χ4v) is 1.63. The number of nitrogens with zero attached hydrogens (tertiary/aromatic N) is 2. The maximum atomic E-state index is 10.7. The second kappa shape index (κ2) is 4.18. The van der Waals surface area contributed by atoms with Gasteiger partial charge in [0.25, 0.3) is 0 Å². The van der Waals surface area contributed by atoms with Gasteiger partial charge in [-0.05, 0) is 23.8 Å². The number of hydrogen-bond donors (Lipinski definition) is 0. The molecule has 4 heteroatoms. The van der Waals surface area contributed by atoms with E-state index in [-0.39, 0.29) is 10.6 Å². The molecule has 2 rings (SSSR count). The zero-order valence-electron chi connectivity index (χ0n) is 8.96. The van der Waals surface area contributed by atoms with Gasteiger partial charge in [-0.2, -0.15) is 0 Å². The molecule has 0 amide bonds. The zero-order valence-corrected chi connectivity index (χ0v) is 8.96. The zero-order chi connectivity index (χ0) is 11.5. The van der Waals surface area contributed by atoms with Crippen LogP contribution >= 0.6 is 0 Å². The highest BCUT2D eigenvalue weighted by Crippen LogP contribution is 2.14. The van der Waals surface area contributed by atoms with Gasteiger partial charge >= 0.3 is 0 Å². The third-order valence-corrected chi connectivity index (χ3v) is 2.46. The molecule has 0 bridgehead atoms. The molecule has 2 heterocycles. The van der Waals surface area contributed by atoms with Crippen LogP contribution < -0.4 is 0 Å². The van der Waals surface area contributed by atoms with Crippen molar-refractivity contribution in [2.24, 2.45) is 0 Å². The minimum absolute atomic E-state index is 0.232. The SMILES string of the molecule is CC/C(=C\c1cc2ccccn2c1)[N+](=O)[O-]. The molecular formula is C12H12N2O2. The van der Waals surface area contributed by atoms with Crippen LogP contribution in [0, 0.1) is 10.1 Å². The summed E-state index contributed by atoms with van der Waals surface area (Å²) >= 11 is 0. The number of fused-ring (bicyclic) bond motifs is 1. The lowest BCUT2D eigenvalue weighted by Crippen LogP contribution is -1.96. The van der Waals surface area contributed by atoms with E-state index in [0.717, 1.165) is 11.1 Å². The van der Waals surface area contributed by atoms with E-state index in [1.165, 1.54) is 0 Å². The maximum absolute atomic E-state index is 10.7. The summed E-state index contributed by atoms with van der Waals surface area (Å²) in [4.78, 5) is 10.3. The average Bonchev–Trinajstić information content (AvgIpc) is 2.67. The Balaban J connectivity index is 2.44. The lowest BCUT2D eigenvalue weighted by atomic mass is 10.2. The summed E-state index contributed by atoms with van der Waals surface area (Å²) in [6.45, 7) is 1.78. The van der Waals surface area contributed by atoms with E-state index >= 15 is 0 Å². The van der Waals surface area contributed by atoms with Crippen LogP contribution in [0.3, 0.4) is 0 Å². The van der Waals surface area contributed by atoms with Crippen molar-refractivity contribution in [2.75, 3.05) is 0 Å². The Morgan fingerprint density at radius 1 is 1.56 bits per heavy atom. The predicted octanol–water partition coefficient (Wildman–Crippen LogP) is 2.97. The molecule has 4 nitrogen and oxygen atoms in total. The van der Waals surface area contributed by atoms with Crippen LogP contribution in [0.2, 0.25) is 0 Å². The molecule has 0 fully saturated rings. The number of rotatable bonds is 3. The van der Waals surface area contributed by atoms with Gasteiger partial charge in [0.2, 0.25) is 5.70 Å². The number of allylic oxidation sites excluding steroid dienone is 1. The highest BCUT2D eigenvalue weighted by Gasteiger charge is 2.07. The second-order valence-corrected chi connectivity index (χ2v) is 3.55. The van der Waals surface area contributed by atoms with Crippen LogP contribution in [0.4, 0.5) is 0 Å². The van der Waals surface area contributed by atoms with Crippen LogP contribution in [0.5, 0.6) is 0 Å². The average molecular weight is 216 g/mol. The van der Waals surface area contributed by atoms with E-state index in [1.54, 1.807) is 13.0 Å². The number of pyridine rings is 1. The summed E-state index contributed by atoms with van der Waals surface area (Å²) in [6, 6.07) is 7.76. The van der Waals surface area contributed by atoms with Gasteiger partial charge in [0, 0.05) is 30.4 Å². The quantitative estimate of drug-likeness (QED) is 0.585. The number of aromatic nitrogens is 1. The van der Waals surface area contributed by atoms with Crippen molar-refractivity contribution in [2.45, 2.75) is 13.3 Å². The lowest BCUT2D eigenvalue weighted by molar-refractivity contribution is -0.425. The molecule has 0 N–H and O–H groups in total. The Bertz CT molecular complexity index is 522. The van der Waals surface area contributed by atoms with E-state index in [0.29, 0.717) is 6.42 Å². The van der Waals surface area contributed by atoms with Crippen LogP contribution in [-0.4, -0.2) is 9.32 Å². The summed E-state index contributed by atoms with van der Waals surface area (Å²) in [6.07, 6.45) is 5.85. The fourth-order valence-electron chi connectivity index (χ4n) is 1.63. The molecule has 0 aliphatic rings. The highest BCUT2D eigenvalue weighted by atomic mass is 16.6. The molecule has 16 heavy (non-hydrogen) atoms. The molecule has 0 atom stereocenters. The predicted molar refractivity (Wildman–Crippen MR) is 62.7 cm³/mol. The summed E-state index contributed by atoms with van der Waals surface area (Å²) in [5.41, 5.74) is 2.13. The van der Waals surface area contributed by atoms with Gasteiger partial charge in [-0.3, -0.25) is 10.1 Å². The summed E-state index contributed by atoms with van der Waals surface area (Å²) in [5, 5.41) is 10.7. The Labute approximate surface area is 93.0 Å². The van der Waals surface area contributed by atoms with Gasteiger partial charge in [-0.1, -0.05) is 13.0 Å². The minimum atomic E-state index is -0.331. The molecule has 0 aliphatic carbocycles. The van der Waals surface area contributed by atoms with Gasteiger partial charge < -0.3 is 4.40 Å². The first-order chi connectivity index (χ1) is 7.70. The molecule has 2 aromatic rings. The van der Waals surface area contributed by atoms with Gasteiger partial charge in [-0.25, -0.2) is 0 Å². The van der Waals surface area contributed by atoms with Crippen LogP contribution in [0.15, 0.2) is 42.4 Å². The maximum Gasteiger partial charge on any atom is 0.246 e. The van der Waals surface area contributed by atoms with Crippen LogP contribution in [0.25, 0.3) is 11.6 Å². The molecule has 0 spiro atoms. The molecule has 0 aliphatic heterocycles. The summed E-state index contributed by atoms with van der Waals surface area (Å²) in [7, 11) is 0. The lowest BCUT2D eigenvalue weighted by Gasteiger charge is -1.91. The van der Waals surface area contributed by atoms with E-state index in [2.05, 4.69) is 0 Å². The van der Waals surface area contributed by atoms with Gasteiger partial charge in [0.1, 0.15) is 0 Å². The van der Waals surface area contributed by atoms with E-state index in [1.807, 2.05) is 41.1 Å². The van der Waals surface area contributed by atoms with E-state index in [4.69, 9.17) is 0 Å². The van der Waals surface area contributed by atoms with Crippen molar-refractivity contribution >= 4 is 11.6 Å². The first-order valence-electron chi connectivity index (χ1n) is 5.12. The minimum Gasteiger partial charge on any atom is -0.323 e. The number of nitro groups is 1. The Morgan fingerprint density at radius 3 is 3.00 bits per heavy atom. The first-order valence-corrected chi connectivity index (χ1v) is 5.12. The Hall–Kier alpha value is -2.10. The molecule has 0 unspecified atom stereocenters. The summed E-state index contributed by atoms with van der Waals surface area (Å²) in [5.74, 6) is 0. The Morgan fingerprint density at radius 2 is 2.38 bits per heavy atom. The van der Waals surface area contributed by atoms with Crippen molar-refractivity contribution in [1.29, 1.82) is 0 Å². The third-order valence-electron chi connectivity index (χ3n) is 2.46. The largest absolute Gasteiger partial charge is 0.323 e. The monoisotopic (exact) mass is 216 g/mol. The first kappa shape index (κ1) is 10.4. The standard InChI is InChI=1S/C12H12N2O2/c1-2-11(14(15)16)7-10-8-12-5-3-4-6-13(12)9-10/h3-9H,2H2,1H3/b11-7+. The molecule has 2 aromatic heterocycles. The van der Waals surface area contributed by atoms with Gasteiger partial charge in [0.15, 0.2) is 0 Å². The molecule has 0 saturated heterocycles. The van der Waals surface area contributed by atoms with Gasteiger partial charge in [-0.15, -0.1) is 0 Å². The molecule has 82 valence electrons. The molecular weight excluding hydrogens is 204 g/mol. The number of hydrogen-bond acceptors (Lipinski definition) is 2. The Kier molecular flexibility index (Phi) is 2.72. The van der Waals surface area contributed by atoms with Crippen LogP contribution in [0.1, 0.15) is 18.9 Å². The molecule has 0 radical (unpaired) electrons. The smallest absolute Gasteiger partial charge is 0.246 e. The van der Waals surface area contributed by atoms with Gasteiger partial charge in [0.05, 0.1) is 4.92 Å². The van der Waals surface area contributed by atoms with E-state index in [9.17, 15) is 10.1 Å². The van der Waals surface area contributed by atoms with Crippen molar-refractivity contribution in [3.63, 3.8) is 0 Å². The fraction of sp³-hybridized carbons (Fsp3) is 0.167. The van der Waals surface area contributed by atoms with Crippen LogP contribution in [-0.2, 0) is 0 Å². The highest BCUT2D eigenvalue weighted by molar-refractivity contribution is 5.61. The topological polar surface area (TPSA) is 47.5 Å². The van der Waals surface area contributed by atoms with Crippen molar-refractivity contribution in [1.82, 2.24) is 4.40 Å². The third kappa shape index (κ3) is 1.95. The van der Waals surface area contributed by atoms with Crippen molar-refractivity contribution in [3.8, 4) is 0 Å².